The first-order valence-corrected chi connectivity index (χ1v) is 10.5. The fraction of sp³-hybridized carbons (Fsp3) is 0.304. The van der Waals surface area contributed by atoms with E-state index in [1.165, 1.54) is 25.4 Å². The number of halogens is 1. The lowest BCUT2D eigenvalue weighted by Gasteiger charge is -2.32. The monoisotopic (exact) mass is 436 g/mol. The van der Waals surface area contributed by atoms with Crippen LogP contribution < -0.4 is 20.3 Å². The van der Waals surface area contributed by atoms with Gasteiger partial charge in [-0.2, -0.15) is 4.98 Å². The standard InChI is InChI=1S/C23H25FN6O2/c1-15-20(27-16(2)31)7-4-8-21(15)28-22-25-14-26-23(29-22)30-11-9-18(10-12-30)32-19-6-3-5-17(24)13-19/h3-8,13-14,18H,9-12H2,1-2H3,(H,27,31)(H,25,26,28,29). The molecule has 8 nitrogen and oxygen atoms in total. The Kier molecular flexibility index (Phi) is 6.44. The van der Waals surface area contributed by atoms with E-state index >= 15 is 0 Å². The van der Waals surface area contributed by atoms with Gasteiger partial charge in [0.05, 0.1) is 0 Å². The third-order valence-electron chi connectivity index (χ3n) is 5.27. The highest BCUT2D eigenvalue weighted by molar-refractivity contribution is 5.90. The van der Waals surface area contributed by atoms with E-state index in [4.69, 9.17) is 4.74 Å². The highest BCUT2D eigenvalue weighted by atomic mass is 19.1. The Balaban J connectivity index is 1.39. The number of ether oxygens (including phenoxy) is 1. The van der Waals surface area contributed by atoms with E-state index in [2.05, 4.69) is 30.5 Å². The molecular weight excluding hydrogens is 411 g/mol. The minimum atomic E-state index is -0.303. The average molecular weight is 436 g/mol. The van der Waals surface area contributed by atoms with E-state index in [0.29, 0.717) is 17.6 Å². The number of carbonyl (C=O) groups excluding carboxylic acids is 1. The van der Waals surface area contributed by atoms with E-state index in [1.807, 2.05) is 25.1 Å². The summed E-state index contributed by atoms with van der Waals surface area (Å²) in [6.07, 6.45) is 3.06. The molecule has 0 spiro atoms. The molecule has 9 heteroatoms. The van der Waals surface area contributed by atoms with E-state index < -0.39 is 0 Å². The second-order valence-corrected chi connectivity index (χ2v) is 7.66. The van der Waals surface area contributed by atoms with Gasteiger partial charge in [-0.15, -0.1) is 0 Å². The van der Waals surface area contributed by atoms with Crippen LogP contribution in [0.25, 0.3) is 0 Å². The molecule has 0 radical (unpaired) electrons. The van der Waals surface area contributed by atoms with Crippen molar-refractivity contribution < 1.29 is 13.9 Å². The summed E-state index contributed by atoms with van der Waals surface area (Å²) in [4.78, 5) is 26.6. The zero-order valence-electron chi connectivity index (χ0n) is 18.0. The lowest BCUT2D eigenvalue weighted by molar-refractivity contribution is -0.114. The topological polar surface area (TPSA) is 92.3 Å². The van der Waals surface area contributed by atoms with Gasteiger partial charge in [-0.3, -0.25) is 4.79 Å². The van der Waals surface area contributed by atoms with Crippen molar-refractivity contribution in [3.8, 4) is 5.75 Å². The van der Waals surface area contributed by atoms with Gasteiger partial charge in [0.2, 0.25) is 17.8 Å². The summed E-state index contributed by atoms with van der Waals surface area (Å²) in [6.45, 7) is 4.84. The number of hydrogen-bond acceptors (Lipinski definition) is 7. The molecule has 1 aliphatic rings. The minimum Gasteiger partial charge on any atom is -0.490 e. The molecule has 0 unspecified atom stereocenters. The first-order valence-electron chi connectivity index (χ1n) is 10.5. The number of amides is 1. The maximum absolute atomic E-state index is 13.4. The Morgan fingerprint density at radius 2 is 1.88 bits per heavy atom. The largest absolute Gasteiger partial charge is 0.490 e. The van der Waals surface area contributed by atoms with Gasteiger partial charge in [-0.05, 0) is 36.8 Å². The van der Waals surface area contributed by atoms with Gasteiger partial charge >= 0.3 is 0 Å². The molecular formula is C23H25FN6O2. The smallest absolute Gasteiger partial charge is 0.232 e. The third-order valence-corrected chi connectivity index (χ3v) is 5.27. The van der Waals surface area contributed by atoms with Crippen LogP contribution in [0.1, 0.15) is 25.3 Å². The summed E-state index contributed by atoms with van der Waals surface area (Å²) in [6, 6.07) is 11.8. The lowest BCUT2D eigenvalue weighted by atomic mass is 10.1. The number of aromatic nitrogens is 3. The van der Waals surface area contributed by atoms with Crippen molar-refractivity contribution >= 4 is 29.2 Å². The van der Waals surface area contributed by atoms with Crippen molar-refractivity contribution in [1.82, 2.24) is 15.0 Å². The Morgan fingerprint density at radius 3 is 2.62 bits per heavy atom. The zero-order valence-corrected chi connectivity index (χ0v) is 18.0. The number of hydrogen-bond donors (Lipinski definition) is 2. The molecule has 2 N–H and O–H groups in total. The molecule has 3 aromatic rings. The Morgan fingerprint density at radius 1 is 1.12 bits per heavy atom. The Labute approximate surface area is 185 Å². The van der Waals surface area contributed by atoms with Crippen LogP contribution in [-0.2, 0) is 4.79 Å². The molecule has 1 amide bonds. The number of rotatable bonds is 6. The predicted octanol–water partition coefficient (Wildman–Crippen LogP) is 4.07. The quantitative estimate of drug-likeness (QED) is 0.602. The zero-order chi connectivity index (χ0) is 22.5. The summed E-state index contributed by atoms with van der Waals surface area (Å²) in [5.41, 5.74) is 2.42. The normalized spacial score (nSPS) is 14.2. The van der Waals surface area contributed by atoms with Gasteiger partial charge < -0.3 is 20.3 Å². The Bertz CT molecular complexity index is 1100. The maximum atomic E-state index is 13.4. The second kappa shape index (κ2) is 9.59. The molecule has 2 aromatic carbocycles. The fourth-order valence-corrected chi connectivity index (χ4v) is 3.62. The van der Waals surface area contributed by atoms with E-state index in [9.17, 15) is 9.18 Å². The van der Waals surface area contributed by atoms with Crippen LogP contribution >= 0.6 is 0 Å². The lowest BCUT2D eigenvalue weighted by Crippen LogP contribution is -2.39. The summed E-state index contributed by atoms with van der Waals surface area (Å²) < 4.78 is 19.3. The van der Waals surface area contributed by atoms with E-state index in [0.717, 1.165) is 42.9 Å². The van der Waals surface area contributed by atoms with Crippen LogP contribution in [0, 0.1) is 12.7 Å². The van der Waals surface area contributed by atoms with Crippen molar-refractivity contribution in [2.75, 3.05) is 28.6 Å². The van der Waals surface area contributed by atoms with Crippen molar-refractivity contribution in [3.63, 3.8) is 0 Å². The summed E-state index contributed by atoms with van der Waals surface area (Å²) >= 11 is 0. The summed E-state index contributed by atoms with van der Waals surface area (Å²) in [5.74, 6) is 1.13. The predicted molar refractivity (Wildman–Crippen MR) is 121 cm³/mol. The molecule has 0 bridgehead atoms. The molecule has 0 atom stereocenters. The average Bonchev–Trinajstić information content (AvgIpc) is 2.77. The van der Waals surface area contributed by atoms with Crippen LogP contribution in [-0.4, -0.2) is 40.1 Å². The highest BCUT2D eigenvalue weighted by Crippen LogP contribution is 2.26. The minimum absolute atomic E-state index is 0.0200. The van der Waals surface area contributed by atoms with Gasteiger partial charge in [-0.1, -0.05) is 12.1 Å². The number of benzene rings is 2. The van der Waals surface area contributed by atoms with E-state index in [1.54, 1.807) is 12.1 Å². The number of carbonyl (C=O) groups is 1. The SMILES string of the molecule is CC(=O)Nc1cccc(Nc2ncnc(N3CCC(Oc4cccc(F)c4)CC3)n2)c1C. The summed E-state index contributed by atoms with van der Waals surface area (Å²) in [7, 11) is 0. The second-order valence-electron chi connectivity index (χ2n) is 7.66. The van der Waals surface area contributed by atoms with Crippen molar-refractivity contribution in [2.24, 2.45) is 0 Å². The maximum Gasteiger partial charge on any atom is 0.232 e. The van der Waals surface area contributed by atoms with Crippen molar-refractivity contribution in [2.45, 2.75) is 32.8 Å². The molecule has 1 aliphatic heterocycles. The molecule has 166 valence electrons. The molecule has 0 saturated carbocycles. The molecule has 1 saturated heterocycles. The van der Waals surface area contributed by atoms with Crippen LogP contribution in [0.4, 0.5) is 27.7 Å². The Hall–Kier alpha value is -3.75. The van der Waals surface area contributed by atoms with Gasteiger partial charge in [0.1, 0.15) is 24.0 Å². The number of anilines is 4. The summed E-state index contributed by atoms with van der Waals surface area (Å²) in [5, 5.41) is 6.03. The highest BCUT2D eigenvalue weighted by Gasteiger charge is 2.23. The first-order chi connectivity index (χ1) is 15.5. The number of piperidine rings is 1. The van der Waals surface area contributed by atoms with Crippen LogP contribution in [0.2, 0.25) is 0 Å². The van der Waals surface area contributed by atoms with Gasteiger partial charge in [0.15, 0.2) is 0 Å². The van der Waals surface area contributed by atoms with Crippen LogP contribution in [0.5, 0.6) is 5.75 Å². The van der Waals surface area contributed by atoms with Gasteiger partial charge in [0, 0.05) is 50.3 Å². The molecule has 32 heavy (non-hydrogen) atoms. The molecule has 4 rings (SSSR count). The molecule has 0 aliphatic carbocycles. The van der Waals surface area contributed by atoms with Crippen molar-refractivity contribution in [1.29, 1.82) is 0 Å². The molecule has 2 heterocycles. The third kappa shape index (κ3) is 5.29. The number of nitrogens with one attached hydrogen (secondary N) is 2. The fourth-order valence-electron chi connectivity index (χ4n) is 3.62. The van der Waals surface area contributed by atoms with Gasteiger partial charge in [-0.25, -0.2) is 14.4 Å². The molecule has 1 fully saturated rings. The molecule has 1 aromatic heterocycles. The van der Waals surface area contributed by atoms with Gasteiger partial charge in [0.25, 0.3) is 0 Å². The van der Waals surface area contributed by atoms with Crippen molar-refractivity contribution in [3.05, 3.63) is 60.2 Å². The van der Waals surface area contributed by atoms with Crippen LogP contribution in [0.15, 0.2) is 48.8 Å². The first kappa shape index (κ1) is 21.5. The van der Waals surface area contributed by atoms with Crippen LogP contribution in [0.3, 0.4) is 0 Å². The van der Waals surface area contributed by atoms with E-state index in [-0.39, 0.29) is 17.8 Å². The number of nitrogens with zero attached hydrogens (tertiary/aromatic N) is 4.